The monoisotopic (exact) mass is 359 g/mol. The first-order valence-corrected chi connectivity index (χ1v) is 8.74. The number of hydrogen-bond donors (Lipinski definition) is 0. The van der Waals surface area contributed by atoms with Crippen LogP contribution in [0.15, 0.2) is 22.7 Å². The Bertz CT molecular complexity index is 453. The van der Waals surface area contributed by atoms with E-state index in [1.54, 1.807) is 0 Å². The van der Waals surface area contributed by atoms with Crippen LogP contribution in [-0.2, 0) is 11.3 Å². The molecule has 20 heavy (non-hydrogen) atoms. The van der Waals surface area contributed by atoms with Crippen molar-refractivity contribution in [2.24, 2.45) is 0 Å². The second kappa shape index (κ2) is 8.70. The Morgan fingerprint density at radius 3 is 2.75 bits per heavy atom. The number of rotatable bonds is 7. The normalized spacial score (nSPS) is 12.5. The number of methoxy groups -OCH3 is 1. The Morgan fingerprint density at radius 1 is 1.50 bits per heavy atom. The molecule has 0 amide bonds. The van der Waals surface area contributed by atoms with Gasteiger partial charge in [-0.1, -0.05) is 22.0 Å². The summed E-state index contributed by atoms with van der Waals surface area (Å²) in [6.45, 7) is 3.10. The Labute approximate surface area is 134 Å². The highest BCUT2D eigenvalue weighted by molar-refractivity contribution is 9.10. The smallest absolute Gasteiger partial charge is 0.337 e. The first kappa shape index (κ1) is 17.5. The molecule has 0 fully saturated rings. The van der Waals surface area contributed by atoms with Crippen LogP contribution >= 0.6 is 27.7 Å². The number of thioether (sulfide) groups is 1. The van der Waals surface area contributed by atoms with E-state index in [2.05, 4.69) is 41.1 Å². The van der Waals surface area contributed by atoms with Crippen molar-refractivity contribution >= 4 is 33.7 Å². The third-order valence-corrected chi connectivity index (χ3v) is 4.77. The zero-order valence-corrected chi connectivity index (χ0v) is 14.9. The van der Waals surface area contributed by atoms with Crippen LogP contribution in [-0.4, -0.2) is 43.1 Å². The second-order valence-corrected chi connectivity index (χ2v) is 6.68. The van der Waals surface area contributed by atoms with E-state index in [-0.39, 0.29) is 5.97 Å². The third kappa shape index (κ3) is 5.11. The van der Waals surface area contributed by atoms with E-state index >= 15 is 0 Å². The molecule has 1 aromatic rings. The molecule has 0 aliphatic rings. The van der Waals surface area contributed by atoms with Crippen molar-refractivity contribution in [3.63, 3.8) is 0 Å². The molecule has 0 N–H and O–H groups in total. The van der Waals surface area contributed by atoms with Crippen molar-refractivity contribution in [1.29, 1.82) is 0 Å². The fraction of sp³-hybridized carbons (Fsp3) is 0.533. The highest BCUT2D eigenvalue weighted by Crippen LogP contribution is 2.21. The predicted molar refractivity (Wildman–Crippen MR) is 89.4 cm³/mol. The maximum Gasteiger partial charge on any atom is 0.337 e. The van der Waals surface area contributed by atoms with Crippen LogP contribution < -0.4 is 0 Å². The van der Waals surface area contributed by atoms with Gasteiger partial charge in [-0.2, -0.15) is 11.8 Å². The quantitative estimate of drug-likeness (QED) is 0.692. The standard InChI is InChI=1S/C15H22BrNO2S/c1-11(7-8-20-4)17(2)10-13-6-5-12(9-14(13)16)15(18)19-3/h5-6,9,11H,7-8,10H2,1-4H3. The van der Waals surface area contributed by atoms with Crippen LogP contribution in [0.2, 0.25) is 0 Å². The van der Waals surface area contributed by atoms with Gasteiger partial charge in [0.25, 0.3) is 0 Å². The zero-order chi connectivity index (χ0) is 15.1. The molecule has 5 heteroatoms. The molecule has 0 spiro atoms. The van der Waals surface area contributed by atoms with E-state index in [1.807, 2.05) is 30.0 Å². The molecule has 0 saturated heterocycles. The third-order valence-electron chi connectivity index (χ3n) is 3.39. The summed E-state index contributed by atoms with van der Waals surface area (Å²) in [5.41, 5.74) is 1.75. The summed E-state index contributed by atoms with van der Waals surface area (Å²) in [5, 5.41) is 0. The van der Waals surface area contributed by atoms with E-state index in [1.165, 1.54) is 24.8 Å². The van der Waals surface area contributed by atoms with Gasteiger partial charge in [-0.3, -0.25) is 4.90 Å². The molecule has 0 aromatic heterocycles. The predicted octanol–water partition coefficient (Wildman–Crippen LogP) is 3.81. The van der Waals surface area contributed by atoms with E-state index in [9.17, 15) is 4.79 Å². The number of nitrogens with zero attached hydrogens (tertiary/aromatic N) is 1. The first-order valence-electron chi connectivity index (χ1n) is 6.55. The lowest BCUT2D eigenvalue weighted by Crippen LogP contribution is -2.29. The summed E-state index contributed by atoms with van der Waals surface area (Å²) in [6, 6.07) is 6.15. The van der Waals surface area contributed by atoms with Gasteiger partial charge in [-0.15, -0.1) is 0 Å². The molecule has 1 atom stereocenters. The Hall–Kier alpha value is -0.520. The summed E-state index contributed by atoms with van der Waals surface area (Å²) in [6.07, 6.45) is 3.31. The van der Waals surface area contributed by atoms with Crippen molar-refractivity contribution in [2.75, 3.05) is 26.2 Å². The van der Waals surface area contributed by atoms with Gasteiger partial charge in [0.15, 0.2) is 0 Å². The van der Waals surface area contributed by atoms with Crippen molar-refractivity contribution in [2.45, 2.75) is 25.9 Å². The van der Waals surface area contributed by atoms with Crippen molar-refractivity contribution < 1.29 is 9.53 Å². The topological polar surface area (TPSA) is 29.5 Å². The van der Waals surface area contributed by atoms with E-state index in [0.717, 1.165) is 11.0 Å². The van der Waals surface area contributed by atoms with Gasteiger partial charge in [-0.05, 0) is 50.1 Å². The lowest BCUT2D eigenvalue weighted by Gasteiger charge is -2.25. The summed E-state index contributed by atoms with van der Waals surface area (Å²) in [7, 11) is 3.52. The van der Waals surface area contributed by atoms with Crippen molar-refractivity contribution in [3.8, 4) is 0 Å². The molecular weight excluding hydrogens is 338 g/mol. The van der Waals surface area contributed by atoms with Gasteiger partial charge in [0.1, 0.15) is 0 Å². The number of ether oxygens (including phenoxy) is 1. The molecule has 0 aliphatic heterocycles. The highest BCUT2D eigenvalue weighted by atomic mass is 79.9. The number of carbonyl (C=O) groups excluding carboxylic acids is 1. The van der Waals surface area contributed by atoms with Gasteiger partial charge in [-0.25, -0.2) is 4.79 Å². The van der Waals surface area contributed by atoms with Gasteiger partial charge in [0.2, 0.25) is 0 Å². The van der Waals surface area contributed by atoms with E-state index < -0.39 is 0 Å². The van der Waals surface area contributed by atoms with Crippen LogP contribution in [0, 0.1) is 0 Å². The molecule has 0 saturated carbocycles. The molecule has 0 aliphatic carbocycles. The zero-order valence-electron chi connectivity index (χ0n) is 12.5. The average Bonchev–Trinajstić information content (AvgIpc) is 2.45. The molecular formula is C15H22BrNO2S. The molecule has 1 rings (SSSR count). The minimum Gasteiger partial charge on any atom is -0.465 e. The largest absolute Gasteiger partial charge is 0.465 e. The van der Waals surface area contributed by atoms with E-state index in [0.29, 0.717) is 11.6 Å². The minimum atomic E-state index is -0.307. The minimum absolute atomic E-state index is 0.307. The fourth-order valence-electron chi connectivity index (χ4n) is 1.85. The van der Waals surface area contributed by atoms with Gasteiger partial charge in [0.05, 0.1) is 12.7 Å². The SMILES string of the molecule is COC(=O)c1ccc(CN(C)C(C)CCSC)c(Br)c1. The average molecular weight is 360 g/mol. The van der Waals surface area contributed by atoms with Crippen LogP contribution in [0.5, 0.6) is 0 Å². The number of esters is 1. The van der Waals surface area contributed by atoms with E-state index in [4.69, 9.17) is 4.74 Å². The molecule has 0 heterocycles. The van der Waals surface area contributed by atoms with Crippen molar-refractivity contribution in [3.05, 3.63) is 33.8 Å². The maximum absolute atomic E-state index is 11.5. The summed E-state index contributed by atoms with van der Waals surface area (Å²) in [5.74, 6) is 0.868. The molecule has 1 aromatic carbocycles. The molecule has 3 nitrogen and oxygen atoms in total. The Balaban J connectivity index is 2.70. The van der Waals surface area contributed by atoms with Gasteiger partial charge >= 0.3 is 5.97 Å². The molecule has 0 radical (unpaired) electrons. The van der Waals surface area contributed by atoms with Crippen LogP contribution in [0.4, 0.5) is 0 Å². The number of benzene rings is 1. The summed E-state index contributed by atoms with van der Waals surface area (Å²) >= 11 is 5.41. The van der Waals surface area contributed by atoms with Gasteiger partial charge < -0.3 is 4.74 Å². The van der Waals surface area contributed by atoms with Crippen LogP contribution in [0.25, 0.3) is 0 Å². The lowest BCUT2D eigenvalue weighted by molar-refractivity contribution is 0.0600. The first-order chi connectivity index (χ1) is 9.49. The number of hydrogen-bond acceptors (Lipinski definition) is 4. The van der Waals surface area contributed by atoms with Crippen LogP contribution in [0.3, 0.4) is 0 Å². The summed E-state index contributed by atoms with van der Waals surface area (Å²) in [4.78, 5) is 13.8. The highest BCUT2D eigenvalue weighted by Gasteiger charge is 2.13. The Morgan fingerprint density at radius 2 is 2.20 bits per heavy atom. The van der Waals surface area contributed by atoms with Crippen LogP contribution in [0.1, 0.15) is 29.3 Å². The van der Waals surface area contributed by atoms with Gasteiger partial charge in [0, 0.05) is 17.1 Å². The van der Waals surface area contributed by atoms with Crippen molar-refractivity contribution in [1.82, 2.24) is 4.90 Å². The molecule has 112 valence electrons. The fourth-order valence-corrected chi connectivity index (χ4v) is 2.93. The maximum atomic E-state index is 11.5. The lowest BCUT2D eigenvalue weighted by atomic mass is 10.1. The summed E-state index contributed by atoms with van der Waals surface area (Å²) < 4.78 is 5.67. The molecule has 0 bridgehead atoms. The number of halogens is 1. The second-order valence-electron chi connectivity index (χ2n) is 4.84. The molecule has 1 unspecified atom stereocenters. The number of carbonyl (C=O) groups is 1. The Kier molecular flexibility index (Phi) is 7.62.